The van der Waals surface area contributed by atoms with E-state index in [2.05, 4.69) is 6.07 Å². The van der Waals surface area contributed by atoms with E-state index in [1.54, 1.807) is 17.0 Å². The van der Waals surface area contributed by atoms with Gasteiger partial charge in [0.25, 0.3) is 5.69 Å². The average Bonchev–Trinajstić information content (AvgIpc) is 3.15. The van der Waals surface area contributed by atoms with Gasteiger partial charge in [0.15, 0.2) is 5.78 Å². The fourth-order valence-corrected chi connectivity index (χ4v) is 7.00. The molecule has 1 atom stereocenters. The zero-order chi connectivity index (χ0) is 24.2. The number of aryl methyl sites for hydroxylation is 1. The largest absolute Gasteiger partial charge is 0.294 e. The Kier molecular flexibility index (Phi) is 5.40. The van der Waals surface area contributed by atoms with Crippen molar-refractivity contribution < 1.29 is 14.5 Å². The third-order valence-corrected chi connectivity index (χ3v) is 8.37. The van der Waals surface area contributed by atoms with Gasteiger partial charge < -0.3 is 0 Å². The average molecular weight is 476 g/mol. The molecule has 0 saturated carbocycles. The molecule has 1 aromatic carbocycles. The molecule has 5 rings (SSSR count). The Morgan fingerprint density at radius 1 is 1.21 bits per heavy atom. The highest BCUT2D eigenvalue weighted by atomic mass is 32.1. The van der Waals surface area contributed by atoms with E-state index >= 15 is 0 Å². The first kappa shape index (κ1) is 22.5. The van der Waals surface area contributed by atoms with Crippen LogP contribution in [0.25, 0.3) is 0 Å². The number of nitro benzene ring substituents is 1. The number of ketones is 1. The topological polar surface area (TPSA) is 104 Å². The summed E-state index contributed by atoms with van der Waals surface area (Å²) in [6.07, 6.45) is 4.76. The lowest BCUT2D eigenvalue weighted by atomic mass is 9.69. The van der Waals surface area contributed by atoms with E-state index in [4.69, 9.17) is 0 Å². The lowest BCUT2D eigenvalue weighted by molar-refractivity contribution is -0.384. The van der Waals surface area contributed by atoms with Gasteiger partial charge in [0.1, 0.15) is 11.1 Å². The molecular formula is C26H25N3O4S. The Hall–Kier alpha value is -3.31. The molecular weight excluding hydrogens is 450 g/mol. The molecule has 0 fully saturated rings. The summed E-state index contributed by atoms with van der Waals surface area (Å²) >= 11 is 1.51. The second-order valence-electron chi connectivity index (χ2n) is 10.1. The minimum atomic E-state index is -0.526. The van der Waals surface area contributed by atoms with Crippen LogP contribution in [0.1, 0.15) is 73.4 Å². The molecule has 1 aliphatic heterocycles. The maximum absolute atomic E-state index is 13.7. The maximum Gasteiger partial charge on any atom is 0.269 e. The minimum Gasteiger partial charge on any atom is -0.294 e. The quantitative estimate of drug-likeness (QED) is 0.426. The van der Waals surface area contributed by atoms with Gasteiger partial charge >= 0.3 is 0 Å². The summed E-state index contributed by atoms with van der Waals surface area (Å²) in [6, 6.07) is 8.58. The van der Waals surface area contributed by atoms with Gasteiger partial charge in [0, 0.05) is 47.0 Å². The highest BCUT2D eigenvalue weighted by molar-refractivity contribution is 7.16. The number of Topliss-reactive ketones (excluding diaryl/α,β-unsaturated/α-hetero) is 1. The Morgan fingerprint density at radius 3 is 2.71 bits per heavy atom. The number of hydrogen-bond acceptors (Lipinski definition) is 6. The molecule has 1 aromatic heterocycles. The van der Waals surface area contributed by atoms with Gasteiger partial charge in [-0.3, -0.25) is 24.6 Å². The normalized spacial score (nSPS) is 21.7. The predicted molar refractivity (Wildman–Crippen MR) is 129 cm³/mol. The molecule has 3 aliphatic rings. The van der Waals surface area contributed by atoms with Crippen molar-refractivity contribution >= 4 is 33.7 Å². The van der Waals surface area contributed by atoms with E-state index < -0.39 is 10.8 Å². The fraction of sp³-hybridized carbons (Fsp3) is 0.423. The molecule has 1 unspecified atom stereocenters. The van der Waals surface area contributed by atoms with Crippen molar-refractivity contribution in [1.29, 1.82) is 5.26 Å². The number of benzene rings is 1. The molecule has 0 saturated heterocycles. The van der Waals surface area contributed by atoms with E-state index in [1.165, 1.54) is 23.5 Å². The van der Waals surface area contributed by atoms with Crippen LogP contribution in [0.4, 0.5) is 10.7 Å². The number of nitro groups is 1. The Bertz CT molecular complexity index is 1310. The second kappa shape index (κ2) is 8.17. The summed E-state index contributed by atoms with van der Waals surface area (Å²) in [4.78, 5) is 40.9. The van der Waals surface area contributed by atoms with E-state index in [0.29, 0.717) is 40.2 Å². The Balaban J connectivity index is 1.70. The molecule has 0 bridgehead atoms. The van der Waals surface area contributed by atoms with Gasteiger partial charge in [-0.25, -0.2) is 0 Å². The van der Waals surface area contributed by atoms with Crippen LogP contribution in [0, 0.1) is 26.9 Å². The summed E-state index contributed by atoms with van der Waals surface area (Å²) in [7, 11) is 0. The number of non-ortho nitro benzene ring substituents is 1. The minimum absolute atomic E-state index is 0.0277. The maximum atomic E-state index is 13.7. The number of allylic oxidation sites excluding steroid dienone is 2. The van der Waals surface area contributed by atoms with E-state index in [0.717, 1.165) is 36.1 Å². The number of amides is 1. The van der Waals surface area contributed by atoms with Gasteiger partial charge in [-0.2, -0.15) is 5.26 Å². The van der Waals surface area contributed by atoms with Crippen molar-refractivity contribution in [2.75, 3.05) is 4.90 Å². The van der Waals surface area contributed by atoms with Crippen LogP contribution in [0.2, 0.25) is 0 Å². The van der Waals surface area contributed by atoms with Gasteiger partial charge in [-0.1, -0.05) is 26.0 Å². The second-order valence-corrected chi connectivity index (χ2v) is 11.2. The van der Waals surface area contributed by atoms with Crippen LogP contribution in [-0.4, -0.2) is 16.6 Å². The zero-order valence-corrected chi connectivity index (χ0v) is 20.0. The van der Waals surface area contributed by atoms with E-state index in [-0.39, 0.29) is 29.2 Å². The summed E-state index contributed by atoms with van der Waals surface area (Å²) in [5, 5.41) is 22.0. The van der Waals surface area contributed by atoms with Crippen LogP contribution in [0.15, 0.2) is 35.5 Å². The summed E-state index contributed by atoms with van der Waals surface area (Å²) < 4.78 is 0. The highest BCUT2D eigenvalue weighted by Crippen LogP contribution is 2.51. The predicted octanol–water partition coefficient (Wildman–Crippen LogP) is 5.57. The van der Waals surface area contributed by atoms with Gasteiger partial charge in [-0.15, -0.1) is 11.3 Å². The standard InChI is InChI=1S/C26H25N3O4S/c1-26(2)12-20-24(21(30)13-26)18(15-6-5-7-16(10-15)29(32)33)11-23(31)28(20)25-19(14-27)17-8-3-4-9-22(17)34-25/h5-7,10,18H,3-4,8-9,11-13H2,1-2H3. The van der Waals surface area contributed by atoms with Crippen molar-refractivity contribution in [3.05, 3.63) is 67.2 Å². The van der Waals surface area contributed by atoms with Crippen molar-refractivity contribution in [2.45, 2.75) is 64.7 Å². The van der Waals surface area contributed by atoms with E-state index in [1.807, 2.05) is 13.8 Å². The summed E-state index contributed by atoms with van der Waals surface area (Å²) in [5.74, 6) is -0.724. The van der Waals surface area contributed by atoms with Crippen LogP contribution < -0.4 is 4.90 Å². The number of carbonyl (C=O) groups is 2. The Morgan fingerprint density at radius 2 is 1.97 bits per heavy atom. The van der Waals surface area contributed by atoms with Gasteiger partial charge in [-0.05, 0) is 48.6 Å². The zero-order valence-electron chi connectivity index (χ0n) is 19.2. The molecule has 34 heavy (non-hydrogen) atoms. The van der Waals surface area contributed by atoms with Crippen molar-refractivity contribution in [3.8, 4) is 6.07 Å². The summed E-state index contributed by atoms with van der Waals surface area (Å²) in [6.45, 7) is 4.03. The molecule has 0 spiro atoms. The lowest BCUT2D eigenvalue weighted by Gasteiger charge is -2.42. The monoisotopic (exact) mass is 475 g/mol. The number of fused-ring (bicyclic) bond motifs is 1. The van der Waals surface area contributed by atoms with Gasteiger partial charge in [0.2, 0.25) is 5.91 Å². The molecule has 1 amide bonds. The van der Waals surface area contributed by atoms with Crippen LogP contribution in [-0.2, 0) is 22.4 Å². The van der Waals surface area contributed by atoms with Crippen molar-refractivity contribution in [3.63, 3.8) is 0 Å². The van der Waals surface area contributed by atoms with Gasteiger partial charge in [0.05, 0.1) is 10.5 Å². The number of carbonyl (C=O) groups excluding carboxylic acids is 2. The van der Waals surface area contributed by atoms with Crippen molar-refractivity contribution in [2.24, 2.45) is 5.41 Å². The number of hydrogen-bond donors (Lipinski definition) is 0. The fourth-order valence-electron chi connectivity index (χ4n) is 5.61. The SMILES string of the molecule is CC1(C)CC(=O)C2=C(C1)N(c1sc3c(c1C#N)CCCC3)C(=O)CC2c1cccc([N+](=O)[O-])c1. The Labute approximate surface area is 201 Å². The molecule has 2 aliphatic carbocycles. The number of nitriles is 1. The molecule has 0 N–H and O–H groups in total. The van der Waals surface area contributed by atoms with Crippen LogP contribution in [0.5, 0.6) is 0 Å². The molecule has 0 radical (unpaired) electrons. The number of nitrogens with zero attached hydrogens (tertiary/aromatic N) is 3. The molecule has 8 heteroatoms. The third-order valence-electron chi connectivity index (χ3n) is 7.09. The lowest BCUT2D eigenvalue weighted by Crippen LogP contribution is -2.43. The van der Waals surface area contributed by atoms with Crippen molar-refractivity contribution in [1.82, 2.24) is 0 Å². The number of thiophene rings is 1. The number of rotatable bonds is 3. The number of anilines is 1. The molecule has 2 aromatic rings. The molecule has 2 heterocycles. The molecule has 174 valence electrons. The first-order chi connectivity index (χ1) is 16.2. The smallest absolute Gasteiger partial charge is 0.269 e. The van der Waals surface area contributed by atoms with E-state index in [9.17, 15) is 25.0 Å². The third kappa shape index (κ3) is 3.64. The first-order valence-electron chi connectivity index (χ1n) is 11.6. The van der Waals surface area contributed by atoms with Crippen LogP contribution >= 0.6 is 11.3 Å². The van der Waals surface area contributed by atoms with Crippen LogP contribution in [0.3, 0.4) is 0 Å². The highest BCUT2D eigenvalue weighted by Gasteiger charge is 2.45. The molecule has 7 nitrogen and oxygen atoms in total. The first-order valence-corrected chi connectivity index (χ1v) is 12.4. The summed E-state index contributed by atoms with van der Waals surface area (Å²) in [5.41, 5.74) is 3.04.